The number of carbonyl (C=O) groups excluding carboxylic acids is 1. The molecule has 0 aromatic carbocycles. The maximum absolute atomic E-state index is 12.0. The van der Waals surface area contributed by atoms with E-state index in [1.165, 1.54) is 0 Å². The molecule has 0 heterocycles. The Balaban J connectivity index is 2.28. The molecule has 1 fully saturated rings. The van der Waals surface area contributed by atoms with E-state index in [1.807, 2.05) is 0 Å². The van der Waals surface area contributed by atoms with Gasteiger partial charge in [-0.05, 0) is 39.2 Å². The van der Waals surface area contributed by atoms with Crippen molar-refractivity contribution in [2.75, 3.05) is 0 Å². The summed E-state index contributed by atoms with van der Waals surface area (Å²) < 4.78 is 29.0. The molecule has 0 unspecified atom stereocenters. The summed E-state index contributed by atoms with van der Waals surface area (Å²) in [6.07, 6.45) is -1.73. The van der Waals surface area contributed by atoms with Gasteiger partial charge in [-0.15, -0.1) is 0 Å². The van der Waals surface area contributed by atoms with Crippen molar-refractivity contribution < 1.29 is 18.3 Å². The van der Waals surface area contributed by atoms with Crippen molar-refractivity contribution >= 4 is 6.09 Å². The Morgan fingerprint density at radius 2 is 1.93 bits per heavy atom. The van der Waals surface area contributed by atoms with Gasteiger partial charge in [-0.25, -0.2) is 4.79 Å². The first-order chi connectivity index (χ1) is 6.78. The number of amides is 1. The molecule has 15 heavy (non-hydrogen) atoms. The van der Waals surface area contributed by atoms with Gasteiger partial charge in [-0.1, -0.05) is 0 Å². The largest absolute Gasteiger partial charge is 0.444 e. The standard InChI is InChI=1S/C10H15F2NO2/c1-10(2,3)15-9(14)13-7-4-6(5-7)8(11)12/h7H,4-5H2,1-3H3,(H,13,14). The zero-order chi connectivity index (χ0) is 11.6. The molecule has 1 rings (SSSR count). The fourth-order valence-electron chi connectivity index (χ4n) is 1.27. The van der Waals surface area contributed by atoms with E-state index in [0.29, 0.717) is 0 Å². The molecule has 0 spiro atoms. The number of halogens is 2. The average Bonchev–Trinajstić information content (AvgIpc) is 1.91. The minimum Gasteiger partial charge on any atom is -0.444 e. The highest BCUT2D eigenvalue weighted by Gasteiger charge is 2.29. The maximum Gasteiger partial charge on any atom is 0.407 e. The summed E-state index contributed by atoms with van der Waals surface area (Å²) in [5, 5.41) is 2.53. The van der Waals surface area contributed by atoms with Crippen molar-refractivity contribution in [3.63, 3.8) is 0 Å². The summed E-state index contributed by atoms with van der Waals surface area (Å²) in [6, 6.07) is -0.212. The molecule has 1 amide bonds. The van der Waals surface area contributed by atoms with Crippen molar-refractivity contribution in [2.24, 2.45) is 0 Å². The van der Waals surface area contributed by atoms with Gasteiger partial charge in [0.15, 0.2) is 0 Å². The molecule has 3 nitrogen and oxygen atoms in total. The average molecular weight is 219 g/mol. The lowest BCUT2D eigenvalue weighted by atomic mass is 9.87. The predicted octanol–water partition coefficient (Wildman–Crippen LogP) is 2.82. The molecule has 0 atom stereocenters. The van der Waals surface area contributed by atoms with Crippen LogP contribution in [0.1, 0.15) is 33.6 Å². The Morgan fingerprint density at radius 3 is 2.33 bits per heavy atom. The van der Waals surface area contributed by atoms with E-state index in [9.17, 15) is 13.6 Å². The summed E-state index contributed by atoms with van der Waals surface area (Å²) in [6.45, 7) is 5.25. The Hall–Kier alpha value is -1.13. The monoisotopic (exact) mass is 219 g/mol. The number of hydrogen-bond donors (Lipinski definition) is 1. The first-order valence-electron chi connectivity index (χ1n) is 4.80. The van der Waals surface area contributed by atoms with Crippen LogP contribution in [0.25, 0.3) is 0 Å². The van der Waals surface area contributed by atoms with Gasteiger partial charge in [0.2, 0.25) is 0 Å². The Morgan fingerprint density at radius 1 is 1.40 bits per heavy atom. The van der Waals surface area contributed by atoms with Crippen molar-refractivity contribution in [3.8, 4) is 0 Å². The fourth-order valence-corrected chi connectivity index (χ4v) is 1.27. The van der Waals surface area contributed by atoms with Crippen molar-refractivity contribution in [2.45, 2.75) is 45.3 Å². The van der Waals surface area contributed by atoms with Crippen LogP contribution in [0, 0.1) is 0 Å². The van der Waals surface area contributed by atoms with Crippen LogP contribution in [0.15, 0.2) is 11.7 Å². The number of carbonyl (C=O) groups is 1. The summed E-state index contributed by atoms with van der Waals surface area (Å²) in [4.78, 5) is 11.2. The summed E-state index contributed by atoms with van der Waals surface area (Å²) in [5.74, 6) is 0. The van der Waals surface area contributed by atoms with Gasteiger partial charge in [0.1, 0.15) is 5.60 Å². The third-order valence-electron chi connectivity index (χ3n) is 1.97. The van der Waals surface area contributed by atoms with E-state index < -0.39 is 17.8 Å². The topological polar surface area (TPSA) is 38.3 Å². The van der Waals surface area contributed by atoms with Crippen LogP contribution < -0.4 is 5.32 Å². The van der Waals surface area contributed by atoms with Crippen LogP contribution >= 0.6 is 0 Å². The van der Waals surface area contributed by atoms with Crippen molar-refractivity contribution in [3.05, 3.63) is 11.7 Å². The Bertz CT molecular complexity index is 282. The lowest BCUT2D eigenvalue weighted by Gasteiger charge is -2.30. The Labute approximate surface area is 87.5 Å². The minimum absolute atomic E-state index is 0.121. The smallest absolute Gasteiger partial charge is 0.407 e. The second kappa shape index (κ2) is 4.16. The first-order valence-corrected chi connectivity index (χ1v) is 4.80. The van der Waals surface area contributed by atoms with E-state index in [0.717, 1.165) is 0 Å². The van der Waals surface area contributed by atoms with E-state index in [2.05, 4.69) is 5.32 Å². The molecule has 0 saturated heterocycles. The molecule has 0 aromatic heterocycles. The molecular formula is C10H15F2NO2. The lowest BCUT2D eigenvalue weighted by Crippen LogP contribution is -2.43. The number of ether oxygens (including phenoxy) is 1. The molecule has 5 heteroatoms. The highest BCUT2D eigenvalue weighted by Crippen LogP contribution is 2.30. The minimum atomic E-state index is -1.63. The van der Waals surface area contributed by atoms with Crippen LogP contribution in [0.5, 0.6) is 0 Å². The number of nitrogens with one attached hydrogen (secondary N) is 1. The van der Waals surface area contributed by atoms with Crippen LogP contribution in [0.4, 0.5) is 13.6 Å². The summed E-state index contributed by atoms with van der Waals surface area (Å²) >= 11 is 0. The molecule has 0 bridgehead atoms. The van der Waals surface area contributed by atoms with Gasteiger partial charge in [0.05, 0.1) is 0 Å². The maximum atomic E-state index is 12.0. The molecule has 1 aliphatic rings. The van der Waals surface area contributed by atoms with E-state index in [4.69, 9.17) is 4.74 Å². The second-order valence-electron chi connectivity index (χ2n) is 4.62. The van der Waals surface area contributed by atoms with Crippen LogP contribution in [-0.4, -0.2) is 17.7 Å². The molecule has 1 aliphatic carbocycles. The highest BCUT2D eigenvalue weighted by atomic mass is 19.3. The van der Waals surface area contributed by atoms with Crippen molar-refractivity contribution in [1.29, 1.82) is 0 Å². The third kappa shape index (κ3) is 3.85. The molecule has 86 valence electrons. The zero-order valence-electron chi connectivity index (χ0n) is 9.06. The predicted molar refractivity (Wildman–Crippen MR) is 51.6 cm³/mol. The molecule has 0 aromatic rings. The molecule has 1 N–H and O–H groups in total. The summed E-state index contributed by atoms with van der Waals surface area (Å²) in [5.41, 5.74) is -0.436. The second-order valence-corrected chi connectivity index (χ2v) is 4.62. The van der Waals surface area contributed by atoms with Crippen molar-refractivity contribution in [1.82, 2.24) is 5.32 Å². The third-order valence-corrected chi connectivity index (χ3v) is 1.97. The number of alkyl carbamates (subject to hydrolysis) is 1. The summed E-state index contributed by atoms with van der Waals surface area (Å²) in [7, 11) is 0. The number of hydrogen-bond acceptors (Lipinski definition) is 2. The molecule has 1 saturated carbocycles. The quantitative estimate of drug-likeness (QED) is 0.736. The number of rotatable bonds is 1. The van der Waals surface area contributed by atoms with Gasteiger partial charge >= 0.3 is 6.09 Å². The lowest BCUT2D eigenvalue weighted by molar-refractivity contribution is 0.0492. The zero-order valence-corrected chi connectivity index (χ0v) is 9.06. The van der Waals surface area contributed by atoms with Gasteiger partial charge in [0.25, 0.3) is 6.08 Å². The van der Waals surface area contributed by atoms with Gasteiger partial charge in [0, 0.05) is 6.04 Å². The molecule has 0 radical (unpaired) electrons. The van der Waals surface area contributed by atoms with Gasteiger partial charge in [-0.3, -0.25) is 0 Å². The SMILES string of the molecule is CC(C)(C)OC(=O)NC1CC(=C(F)F)C1. The normalized spacial score (nSPS) is 20.6. The fraction of sp³-hybridized carbons (Fsp3) is 0.700. The van der Waals surface area contributed by atoms with E-state index in [-0.39, 0.29) is 24.5 Å². The van der Waals surface area contributed by atoms with Gasteiger partial charge < -0.3 is 10.1 Å². The highest BCUT2D eigenvalue weighted by molar-refractivity contribution is 5.68. The van der Waals surface area contributed by atoms with E-state index >= 15 is 0 Å². The van der Waals surface area contributed by atoms with Crippen LogP contribution in [0.3, 0.4) is 0 Å². The molecular weight excluding hydrogens is 204 g/mol. The Kier molecular flexibility index (Phi) is 3.31. The van der Waals surface area contributed by atoms with Crippen LogP contribution in [-0.2, 0) is 4.74 Å². The van der Waals surface area contributed by atoms with Crippen LogP contribution in [0.2, 0.25) is 0 Å². The van der Waals surface area contributed by atoms with E-state index in [1.54, 1.807) is 20.8 Å². The van der Waals surface area contributed by atoms with Gasteiger partial charge in [-0.2, -0.15) is 8.78 Å². The first kappa shape index (κ1) is 11.9. The molecule has 0 aliphatic heterocycles.